The molecule has 2 N–H and O–H groups in total. The molecule has 1 aliphatic carbocycles. The fraction of sp³-hybridized carbons (Fsp3) is 0.486. The van der Waals surface area contributed by atoms with Crippen LogP contribution in [0.25, 0.3) is 43.7 Å². The molecule has 0 amide bonds. The molecule has 3 aromatic heterocycles. The Balaban J connectivity index is 1.26. The Morgan fingerprint density at radius 1 is 0.977 bits per heavy atom. The highest BCUT2D eigenvalue weighted by Crippen LogP contribution is 2.49. The van der Waals surface area contributed by atoms with Gasteiger partial charge in [-0.3, -0.25) is 9.69 Å². The van der Waals surface area contributed by atoms with Crippen molar-refractivity contribution in [3.05, 3.63) is 47.4 Å². The molecule has 0 bridgehead atoms. The highest BCUT2D eigenvalue weighted by Gasteiger charge is 2.30. The zero-order valence-electron chi connectivity index (χ0n) is 25.8. The zero-order chi connectivity index (χ0) is 29.2. The van der Waals surface area contributed by atoms with Crippen LogP contribution in [0.4, 0.5) is 0 Å². The van der Waals surface area contributed by atoms with Gasteiger partial charge in [-0.05, 0) is 88.3 Å². The minimum absolute atomic E-state index is 0.246. The van der Waals surface area contributed by atoms with Crippen LogP contribution >= 0.6 is 0 Å². The number of H-pyrrole nitrogens is 1. The monoisotopic (exact) mass is 577 g/mol. The van der Waals surface area contributed by atoms with Gasteiger partial charge in [-0.15, -0.1) is 0 Å². The molecule has 2 aromatic carbocycles. The molecule has 0 spiro atoms. The summed E-state index contributed by atoms with van der Waals surface area (Å²) in [5, 5.41) is 27.5. The van der Waals surface area contributed by atoms with Gasteiger partial charge in [0.05, 0.1) is 22.3 Å². The average Bonchev–Trinajstić information content (AvgIpc) is 3.82. The van der Waals surface area contributed by atoms with Crippen molar-refractivity contribution >= 4 is 38.3 Å². The molecule has 0 saturated carbocycles. The van der Waals surface area contributed by atoms with Crippen molar-refractivity contribution in [1.29, 1.82) is 0 Å². The smallest absolute Gasteiger partial charge is 0.197 e. The Hall–Kier alpha value is -3.78. The van der Waals surface area contributed by atoms with Crippen LogP contribution in [0.15, 0.2) is 35.7 Å². The van der Waals surface area contributed by atoms with Crippen LogP contribution in [-0.4, -0.2) is 72.8 Å². The average molecular weight is 578 g/mol. The summed E-state index contributed by atoms with van der Waals surface area (Å²) < 4.78 is 4.52. The lowest BCUT2D eigenvalue weighted by Crippen LogP contribution is -2.20. The predicted octanol–water partition coefficient (Wildman–Crippen LogP) is 6.56. The third-order valence-electron chi connectivity index (χ3n) is 10.4. The van der Waals surface area contributed by atoms with Crippen molar-refractivity contribution < 1.29 is 5.11 Å². The summed E-state index contributed by atoms with van der Waals surface area (Å²) in [5.41, 5.74) is 9.74. The molecule has 43 heavy (non-hydrogen) atoms. The quantitative estimate of drug-likeness (QED) is 0.205. The second-order valence-electron chi connectivity index (χ2n) is 13.2. The van der Waals surface area contributed by atoms with E-state index in [1.165, 1.54) is 91.1 Å². The van der Waals surface area contributed by atoms with Crippen molar-refractivity contribution in [3.63, 3.8) is 0 Å². The van der Waals surface area contributed by atoms with Gasteiger partial charge in [0.2, 0.25) is 0 Å². The van der Waals surface area contributed by atoms with Gasteiger partial charge >= 0.3 is 0 Å². The number of aromatic hydroxyl groups is 1. The molecule has 3 aliphatic rings. The van der Waals surface area contributed by atoms with E-state index in [0.717, 1.165) is 59.1 Å². The first-order valence-corrected chi connectivity index (χ1v) is 16.3. The Bertz CT molecular complexity index is 1880. The number of unbranched alkanes of at least 4 members (excludes halogenated alkanes) is 3. The number of hydrogen-bond acceptors (Lipinski definition) is 5. The number of rotatable bonds is 8. The maximum absolute atomic E-state index is 11.2. The lowest BCUT2D eigenvalue weighted by atomic mass is 9.85. The number of benzene rings is 2. The second kappa shape index (κ2) is 10.4. The van der Waals surface area contributed by atoms with Crippen molar-refractivity contribution in [2.45, 2.75) is 77.3 Å². The van der Waals surface area contributed by atoms with Crippen LogP contribution in [0.5, 0.6) is 5.88 Å². The molecule has 5 aromatic rings. The SMILES string of the molecule is CC1CC(c2ccc3c(c2)c2c4c[nH]c(O)c4c4c(c2n3CCCCCCN2CCCC2)CCc2nn(C)cc2-4)=NN1C. The molecule has 2 aliphatic heterocycles. The molecule has 1 unspecified atom stereocenters. The lowest BCUT2D eigenvalue weighted by molar-refractivity contribution is 0.303. The Kier molecular flexibility index (Phi) is 6.51. The van der Waals surface area contributed by atoms with Gasteiger partial charge in [-0.2, -0.15) is 10.2 Å². The third-order valence-corrected chi connectivity index (χ3v) is 10.4. The zero-order valence-corrected chi connectivity index (χ0v) is 25.8. The van der Waals surface area contributed by atoms with E-state index in [-0.39, 0.29) is 5.88 Å². The minimum atomic E-state index is 0.246. The second-order valence-corrected chi connectivity index (χ2v) is 13.2. The standard InChI is InChI=1S/C35H43N7O/c1-22-18-29(38-40(22)3)23-10-13-30-25(19-23)32-26-20-36-35(43)33(26)31-24(11-12-28-27(31)21-39(2)37-28)34(32)42(30)17-7-5-4-6-14-41-15-8-9-16-41/h10,13,19-22,36,43H,4-9,11-12,14-18H2,1-3H3. The van der Waals surface area contributed by atoms with E-state index in [0.29, 0.717) is 6.04 Å². The van der Waals surface area contributed by atoms with Crippen LogP contribution in [0.3, 0.4) is 0 Å². The largest absolute Gasteiger partial charge is 0.494 e. The third kappa shape index (κ3) is 4.36. The number of fused-ring (bicyclic) bond motifs is 10. The van der Waals surface area contributed by atoms with E-state index in [4.69, 9.17) is 10.2 Å². The highest BCUT2D eigenvalue weighted by molar-refractivity contribution is 6.27. The summed E-state index contributed by atoms with van der Waals surface area (Å²) in [6.45, 7) is 7.07. The van der Waals surface area contributed by atoms with Gasteiger partial charge in [-0.25, -0.2) is 0 Å². The summed E-state index contributed by atoms with van der Waals surface area (Å²) in [7, 11) is 4.06. The summed E-state index contributed by atoms with van der Waals surface area (Å²) in [6.07, 6.45) is 14.7. The number of aromatic amines is 1. The number of nitrogens with one attached hydrogen (secondary N) is 1. The van der Waals surface area contributed by atoms with Crippen LogP contribution in [0, 0.1) is 0 Å². The van der Waals surface area contributed by atoms with Gasteiger partial charge < -0.3 is 19.6 Å². The van der Waals surface area contributed by atoms with E-state index in [9.17, 15) is 5.11 Å². The Labute approximate surface area is 252 Å². The molecule has 8 rings (SSSR count). The van der Waals surface area contributed by atoms with E-state index < -0.39 is 0 Å². The van der Waals surface area contributed by atoms with E-state index in [1.807, 2.05) is 17.9 Å². The maximum atomic E-state index is 11.2. The molecular weight excluding hydrogens is 534 g/mol. The van der Waals surface area contributed by atoms with Gasteiger partial charge in [0.25, 0.3) is 0 Å². The van der Waals surface area contributed by atoms with E-state index in [1.54, 1.807) is 0 Å². The van der Waals surface area contributed by atoms with Gasteiger partial charge in [0, 0.05) is 78.3 Å². The number of aryl methyl sites for hydroxylation is 4. The topological polar surface area (TPSA) is 77.6 Å². The van der Waals surface area contributed by atoms with Gasteiger partial charge in [0.15, 0.2) is 5.88 Å². The Morgan fingerprint density at radius 3 is 2.58 bits per heavy atom. The fourth-order valence-corrected chi connectivity index (χ4v) is 8.08. The van der Waals surface area contributed by atoms with Crippen LogP contribution in [0.1, 0.15) is 68.7 Å². The fourth-order valence-electron chi connectivity index (χ4n) is 8.08. The molecule has 1 atom stereocenters. The molecular formula is C35H43N7O. The molecule has 224 valence electrons. The predicted molar refractivity (Wildman–Crippen MR) is 175 cm³/mol. The van der Waals surface area contributed by atoms with Crippen molar-refractivity contribution in [1.82, 2.24) is 29.2 Å². The van der Waals surface area contributed by atoms with Crippen LogP contribution in [0.2, 0.25) is 0 Å². The summed E-state index contributed by atoms with van der Waals surface area (Å²) >= 11 is 0. The number of aromatic nitrogens is 4. The first-order valence-electron chi connectivity index (χ1n) is 16.3. The normalized spacial score (nSPS) is 18.8. The number of hydrogen-bond donors (Lipinski definition) is 2. The molecule has 8 heteroatoms. The number of nitrogens with zero attached hydrogens (tertiary/aromatic N) is 6. The van der Waals surface area contributed by atoms with Crippen molar-refractivity contribution in [3.8, 4) is 17.0 Å². The highest BCUT2D eigenvalue weighted by atomic mass is 16.3. The Morgan fingerprint density at radius 2 is 1.79 bits per heavy atom. The molecule has 0 radical (unpaired) electrons. The van der Waals surface area contributed by atoms with Gasteiger partial charge in [0.1, 0.15) is 0 Å². The first kappa shape index (κ1) is 26.8. The van der Waals surface area contributed by atoms with E-state index >= 15 is 0 Å². The molecule has 8 nitrogen and oxygen atoms in total. The van der Waals surface area contributed by atoms with Crippen molar-refractivity contribution in [2.75, 3.05) is 26.7 Å². The van der Waals surface area contributed by atoms with E-state index in [2.05, 4.69) is 57.8 Å². The van der Waals surface area contributed by atoms with Crippen LogP contribution in [-0.2, 0) is 26.4 Å². The van der Waals surface area contributed by atoms with Crippen LogP contribution < -0.4 is 0 Å². The molecule has 1 fully saturated rings. The first-order chi connectivity index (χ1) is 21.0. The molecule has 1 saturated heterocycles. The lowest BCUT2D eigenvalue weighted by Gasteiger charge is -2.20. The number of hydrazone groups is 1. The van der Waals surface area contributed by atoms with Crippen molar-refractivity contribution in [2.24, 2.45) is 12.1 Å². The minimum Gasteiger partial charge on any atom is -0.494 e. The summed E-state index contributed by atoms with van der Waals surface area (Å²) in [6, 6.07) is 7.37. The number of likely N-dealkylation sites (tertiary alicyclic amines) is 1. The molecule has 5 heterocycles. The summed E-state index contributed by atoms with van der Waals surface area (Å²) in [4.78, 5) is 5.82. The van der Waals surface area contributed by atoms with Gasteiger partial charge in [-0.1, -0.05) is 18.9 Å². The maximum Gasteiger partial charge on any atom is 0.197 e. The summed E-state index contributed by atoms with van der Waals surface area (Å²) in [5.74, 6) is 0.246.